The average molecular weight is 452 g/mol. The molecule has 0 bridgehead atoms. The van der Waals surface area contributed by atoms with Crippen LogP contribution in [0.2, 0.25) is 0 Å². The Balaban J connectivity index is 0.00000288. The number of rotatable bonds is 4. The first-order valence-electron chi connectivity index (χ1n) is 7.88. The summed E-state index contributed by atoms with van der Waals surface area (Å²) in [6, 6.07) is 0. The van der Waals surface area contributed by atoms with Gasteiger partial charge in [0.15, 0.2) is 11.8 Å². The first-order chi connectivity index (χ1) is 11.1. The van der Waals surface area contributed by atoms with Crippen molar-refractivity contribution >= 4 is 36.0 Å². The zero-order valence-electron chi connectivity index (χ0n) is 14.3. The van der Waals surface area contributed by atoms with Crippen molar-refractivity contribution in [2.45, 2.75) is 27.3 Å². The van der Waals surface area contributed by atoms with Crippen LogP contribution in [0.3, 0.4) is 0 Å². The van der Waals surface area contributed by atoms with Crippen molar-refractivity contribution in [2.24, 2.45) is 4.99 Å². The lowest BCUT2D eigenvalue weighted by Crippen LogP contribution is -2.53. The predicted molar refractivity (Wildman–Crippen MR) is 99.4 cm³/mol. The normalized spacial score (nSPS) is 15.0. The van der Waals surface area contributed by atoms with E-state index in [1.165, 1.54) is 0 Å². The third-order valence-corrected chi connectivity index (χ3v) is 3.38. The van der Waals surface area contributed by atoms with Crippen molar-refractivity contribution in [3.63, 3.8) is 0 Å². The number of hydrogen-bond acceptors (Lipinski definition) is 6. The van der Waals surface area contributed by atoms with Gasteiger partial charge in [-0.05, 0) is 13.8 Å². The Morgan fingerprint density at radius 1 is 1.29 bits per heavy atom. The number of carbonyl (C=O) groups is 1. The highest BCUT2D eigenvalue weighted by atomic mass is 127. The molecule has 2 rings (SSSR count). The molecule has 1 N–H and O–H groups in total. The number of aliphatic imine (C=N–C) groups is 1. The minimum absolute atomic E-state index is 0. The van der Waals surface area contributed by atoms with Gasteiger partial charge in [-0.2, -0.15) is 4.98 Å². The Hall–Kier alpha value is -1.59. The summed E-state index contributed by atoms with van der Waals surface area (Å²) < 4.78 is 9.97. The van der Waals surface area contributed by atoms with Gasteiger partial charge in [-0.15, -0.1) is 24.0 Å². The maximum atomic E-state index is 11.7. The van der Waals surface area contributed by atoms with E-state index < -0.39 is 0 Å². The fraction of sp³-hybridized carbons (Fsp3) is 0.714. The number of halogens is 1. The van der Waals surface area contributed by atoms with E-state index >= 15 is 0 Å². The summed E-state index contributed by atoms with van der Waals surface area (Å²) in [5.41, 5.74) is 0. The Morgan fingerprint density at radius 3 is 2.50 bits per heavy atom. The second kappa shape index (κ2) is 10.3. The third kappa shape index (κ3) is 5.80. The largest absolute Gasteiger partial charge is 0.450 e. The van der Waals surface area contributed by atoms with Crippen LogP contribution in [-0.4, -0.2) is 71.3 Å². The standard InChI is InChI=1S/C14H24N6O3.HI/c1-4-15-13(16-10-12-17-11(3)23-18-12)19-6-8-20(9-7-19)14(21)22-5-2;/h4-10H2,1-3H3,(H,15,16);1H. The van der Waals surface area contributed by atoms with E-state index in [0.717, 1.165) is 12.5 Å². The highest BCUT2D eigenvalue weighted by Crippen LogP contribution is 2.05. The summed E-state index contributed by atoms with van der Waals surface area (Å²) in [4.78, 5) is 24.2. The lowest BCUT2D eigenvalue weighted by molar-refractivity contribution is 0.0914. The molecule has 1 aromatic heterocycles. The lowest BCUT2D eigenvalue weighted by Gasteiger charge is -2.35. The van der Waals surface area contributed by atoms with Crippen LogP contribution < -0.4 is 5.32 Å². The average Bonchev–Trinajstić information content (AvgIpc) is 2.97. The van der Waals surface area contributed by atoms with Crippen molar-refractivity contribution in [3.8, 4) is 0 Å². The second-order valence-corrected chi connectivity index (χ2v) is 5.07. The first kappa shape index (κ1) is 20.5. The van der Waals surface area contributed by atoms with Gasteiger partial charge in [-0.25, -0.2) is 9.79 Å². The molecule has 0 atom stereocenters. The number of guanidine groups is 1. The van der Waals surface area contributed by atoms with Gasteiger partial charge in [0.1, 0.15) is 6.54 Å². The van der Waals surface area contributed by atoms with Crippen molar-refractivity contribution in [1.82, 2.24) is 25.3 Å². The number of piperazine rings is 1. The highest BCUT2D eigenvalue weighted by Gasteiger charge is 2.23. The molecule has 24 heavy (non-hydrogen) atoms. The van der Waals surface area contributed by atoms with Crippen LogP contribution in [0.5, 0.6) is 0 Å². The molecule has 0 spiro atoms. The van der Waals surface area contributed by atoms with E-state index in [4.69, 9.17) is 9.26 Å². The van der Waals surface area contributed by atoms with Crippen LogP contribution in [-0.2, 0) is 11.3 Å². The Morgan fingerprint density at radius 2 is 1.96 bits per heavy atom. The van der Waals surface area contributed by atoms with Crippen LogP contribution in [0.15, 0.2) is 9.52 Å². The number of aryl methyl sites for hydroxylation is 1. The Labute approximate surface area is 158 Å². The topological polar surface area (TPSA) is 96.1 Å². The molecule has 1 amide bonds. The molecule has 136 valence electrons. The molecule has 1 aliphatic heterocycles. The highest BCUT2D eigenvalue weighted by molar-refractivity contribution is 14.0. The maximum Gasteiger partial charge on any atom is 0.409 e. The zero-order chi connectivity index (χ0) is 16.7. The minimum Gasteiger partial charge on any atom is -0.450 e. The molecule has 0 radical (unpaired) electrons. The number of amides is 1. The van der Waals surface area contributed by atoms with Gasteiger partial charge in [-0.1, -0.05) is 5.16 Å². The predicted octanol–water partition coefficient (Wildman–Crippen LogP) is 1.24. The fourth-order valence-electron chi connectivity index (χ4n) is 2.29. The summed E-state index contributed by atoms with van der Waals surface area (Å²) >= 11 is 0. The summed E-state index contributed by atoms with van der Waals surface area (Å²) in [6.07, 6.45) is -0.253. The van der Waals surface area contributed by atoms with Crippen LogP contribution >= 0.6 is 24.0 Å². The van der Waals surface area contributed by atoms with E-state index in [0.29, 0.717) is 51.0 Å². The van der Waals surface area contributed by atoms with Gasteiger partial charge in [-0.3, -0.25) is 0 Å². The van der Waals surface area contributed by atoms with Gasteiger partial charge in [0.25, 0.3) is 0 Å². The summed E-state index contributed by atoms with van der Waals surface area (Å²) in [5.74, 6) is 1.88. The quantitative estimate of drug-likeness (QED) is 0.417. The Kier molecular flexibility index (Phi) is 8.79. The number of nitrogens with one attached hydrogen (secondary N) is 1. The molecule has 1 aromatic rings. The summed E-state index contributed by atoms with van der Waals surface area (Å²) in [5, 5.41) is 7.09. The molecule has 0 aliphatic carbocycles. The van der Waals surface area contributed by atoms with E-state index in [9.17, 15) is 4.79 Å². The van der Waals surface area contributed by atoms with Gasteiger partial charge in [0.2, 0.25) is 5.89 Å². The summed E-state index contributed by atoms with van der Waals surface area (Å²) in [6.45, 7) is 9.74. The summed E-state index contributed by atoms with van der Waals surface area (Å²) in [7, 11) is 0. The van der Waals surface area contributed by atoms with Crippen LogP contribution in [0.25, 0.3) is 0 Å². The monoisotopic (exact) mass is 452 g/mol. The minimum atomic E-state index is -0.253. The zero-order valence-corrected chi connectivity index (χ0v) is 16.6. The number of ether oxygens (including phenoxy) is 1. The van der Waals surface area contributed by atoms with Crippen LogP contribution in [0.4, 0.5) is 4.79 Å². The number of hydrogen-bond donors (Lipinski definition) is 1. The maximum absolute atomic E-state index is 11.7. The smallest absolute Gasteiger partial charge is 0.409 e. The van der Waals surface area contributed by atoms with Gasteiger partial charge in [0, 0.05) is 39.6 Å². The fourth-order valence-corrected chi connectivity index (χ4v) is 2.29. The SMILES string of the molecule is CCNC(=NCc1noc(C)n1)N1CCN(C(=O)OCC)CC1.I. The number of carbonyl (C=O) groups excluding carboxylic acids is 1. The lowest BCUT2D eigenvalue weighted by atomic mass is 10.3. The van der Waals surface area contributed by atoms with Crippen LogP contribution in [0, 0.1) is 6.92 Å². The van der Waals surface area contributed by atoms with E-state index in [-0.39, 0.29) is 30.1 Å². The molecule has 1 aliphatic rings. The molecule has 0 saturated carbocycles. The van der Waals surface area contributed by atoms with E-state index in [2.05, 4.69) is 25.3 Å². The van der Waals surface area contributed by atoms with Crippen molar-refractivity contribution in [1.29, 1.82) is 0 Å². The van der Waals surface area contributed by atoms with Gasteiger partial charge < -0.3 is 24.4 Å². The number of aromatic nitrogens is 2. The van der Waals surface area contributed by atoms with Gasteiger partial charge in [0.05, 0.1) is 6.61 Å². The molecule has 1 saturated heterocycles. The van der Waals surface area contributed by atoms with E-state index in [1.807, 2.05) is 13.8 Å². The molecule has 2 heterocycles. The molecule has 0 aromatic carbocycles. The first-order valence-corrected chi connectivity index (χ1v) is 7.88. The molecule has 1 fully saturated rings. The molecule has 9 nitrogen and oxygen atoms in total. The molecule has 10 heteroatoms. The van der Waals surface area contributed by atoms with Crippen molar-refractivity contribution in [2.75, 3.05) is 39.3 Å². The molecule has 0 unspecified atom stereocenters. The Bertz CT molecular complexity index is 542. The number of nitrogens with zero attached hydrogens (tertiary/aromatic N) is 5. The van der Waals surface area contributed by atoms with Crippen molar-refractivity contribution in [3.05, 3.63) is 11.7 Å². The molecular weight excluding hydrogens is 427 g/mol. The van der Waals surface area contributed by atoms with Crippen LogP contribution in [0.1, 0.15) is 25.6 Å². The third-order valence-electron chi connectivity index (χ3n) is 3.38. The van der Waals surface area contributed by atoms with Crippen molar-refractivity contribution < 1.29 is 14.1 Å². The van der Waals surface area contributed by atoms with E-state index in [1.54, 1.807) is 11.8 Å². The van der Waals surface area contributed by atoms with Gasteiger partial charge >= 0.3 is 6.09 Å². The second-order valence-electron chi connectivity index (χ2n) is 5.07. The molecular formula is C14H25IN6O3.